The fourth-order valence-electron chi connectivity index (χ4n) is 3.88. The summed E-state index contributed by atoms with van der Waals surface area (Å²) in [6.45, 7) is 4.37. The Morgan fingerprint density at radius 3 is 2.29 bits per heavy atom. The largest absolute Gasteiger partial charge is 0.490 e. The van der Waals surface area contributed by atoms with E-state index < -0.39 is 24.3 Å². The van der Waals surface area contributed by atoms with Crippen LogP contribution in [-0.4, -0.2) is 87.2 Å². The van der Waals surface area contributed by atoms with E-state index in [9.17, 15) is 26.3 Å². The fourth-order valence-corrected chi connectivity index (χ4v) is 3.88. The summed E-state index contributed by atoms with van der Waals surface area (Å²) >= 11 is 0. The highest BCUT2D eigenvalue weighted by atomic mass is 19.4. The Labute approximate surface area is 212 Å². The van der Waals surface area contributed by atoms with E-state index in [4.69, 9.17) is 33.7 Å². The molecule has 0 amide bonds. The second-order valence-corrected chi connectivity index (χ2v) is 8.22. The lowest BCUT2D eigenvalue weighted by molar-refractivity contribution is -0.193. The molecule has 0 bridgehead atoms. The predicted molar refractivity (Wildman–Crippen MR) is 116 cm³/mol. The van der Waals surface area contributed by atoms with E-state index in [0.29, 0.717) is 6.04 Å². The van der Waals surface area contributed by atoms with Crippen LogP contribution >= 0.6 is 0 Å². The van der Waals surface area contributed by atoms with E-state index in [0.717, 1.165) is 52.1 Å². The van der Waals surface area contributed by atoms with Gasteiger partial charge in [0.05, 0.1) is 31.3 Å². The second-order valence-electron chi connectivity index (χ2n) is 8.22. The third kappa shape index (κ3) is 10.3. The van der Waals surface area contributed by atoms with E-state index in [1.807, 2.05) is 35.5 Å². The SMILES string of the molecule is O=C(O)C(F)(F)F.O=C(O)C(F)(F)F.c1cnn(CCCO[C@@H]2CC[C@H]3[C@H]2OCCN3Cc2ccoc2)c1. The molecule has 1 aliphatic heterocycles. The van der Waals surface area contributed by atoms with Gasteiger partial charge in [0.15, 0.2) is 0 Å². The van der Waals surface area contributed by atoms with Gasteiger partial charge in [-0.15, -0.1) is 0 Å². The molecule has 1 saturated carbocycles. The molecule has 1 saturated heterocycles. The van der Waals surface area contributed by atoms with Gasteiger partial charge in [0.2, 0.25) is 0 Å². The highest BCUT2D eigenvalue weighted by molar-refractivity contribution is 5.73. The van der Waals surface area contributed by atoms with E-state index >= 15 is 0 Å². The minimum atomic E-state index is -5.08. The standard InChI is InChI=1S/C18H25N3O3.2C2HF3O2/c1-6-19-21(7-1)8-2-10-23-17-4-3-16-18(17)24-12-9-20(16)13-15-5-11-22-14-15;2*3-2(4,5)1(6)7/h1,5-7,11,14,16-18H,2-4,8-10,12-13H2;2*(H,6,7)/t16-,17+,18+;;/m0../s1. The van der Waals surface area contributed by atoms with Gasteiger partial charge in [0.1, 0.15) is 0 Å². The highest BCUT2D eigenvalue weighted by Crippen LogP contribution is 2.33. The lowest BCUT2D eigenvalue weighted by Gasteiger charge is -2.38. The van der Waals surface area contributed by atoms with Crippen molar-refractivity contribution in [1.82, 2.24) is 14.7 Å². The second kappa shape index (κ2) is 14.2. The van der Waals surface area contributed by atoms with E-state index in [-0.39, 0.29) is 12.2 Å². The molecule has 214 valence electrons. The van der Waals surface area contributed by atoms with Crippen LogP contribution in [-0.2, 0) is 32.2 Å². The number of fused-ring (bicyclic) bond motifs is 1. The highest BCUT2D eigenvalue weighted by Gasteiger charge is 2.43. The van der Waals surface area contributed by atoms with Crippen LogP contribution in [0.1, 0.15) is 24.8 Å². The van der Waals surface area contributed by atoms with Crippen LogP contribution in [0.2, 0.25) is 0 Å². The number of rotatable bonds is 7. The minimum Gasteiger partial charge on any atom is -0.475 e. The van der Waals surface area contributed by atoms with Crippen molar-refractivity contribution in [2.75, 3.05) is 19.8 Å². The number of furan rings is 1. The molecule has 1 aliphatic carbocycles. The first-order valence-electron chi connectivity index (χ1n) is 11.3. The van der Waals surface area contributed by atoms with Crippen molar-refractivity contribution in [3.63, 3.8) is 0 Å². The monoisotopic (exact) mass is 559 g/mol. The zero-order valence-corrected chi connectivity index (χ0v) is 19.9. The quantitative estimate of drug-likeness (QED) is 0.387. The molecule has 4 rings (SSSR count). The van der Waals surface area contributed by atoms with E-state index in [2.05, 4.69) is 10.00 Å². The van der Waals surface area contributed by atoms with Crippen molar-refractivity contribution in [1.29, 1.82) is 0 Å². The Hall–Kier alpha value is -3.11. The van der Waals surface area contributed by atoms with Crippen molar-refractivity contribution in [2.24, 2.45) is 0 Å². The smallest absolute Gasteiger partial charge is 0.475 e. The molecule has 10 nitrogen and oxygen atoms in total. The zero-order chi connectivity index (χ0) is 28.3. The van der Waals surface area contributed by atoms with Crippen molar-refractivity contribution in [3.8, 4) is 0 Å². The van der Waals surface area contributed by atoms with Gasteiger partial charge in [-0.3, -0.25) is 9.58 Å². The molecule has 2 aromatic rings. The summed E-state index contributed by atoms with van der Waals surface area (Å²) in [4.78, 5) is 20.3. The summed E-state index contributed by atoms with van der Waals surface area (Å²) in [5.41, 5.74) is 1.24. The van der Waals surface area contributed by atoms with Crippen LogP contribution in [0.3, 0.4) is 0 Å². The Bertz CT molecular complexity index is 943. The van der Waals surface area contributed by atoms with Crippen molar-refractivity contribution in [3.05, 3.63) is 42.6 Å². The number of nitrogens with zero attached hydrogens (tertiary/aromatic N) is 3. The summed E-state index contributed by atoms with van der Waals surface area (Å²) in [6.07, 6.45) is 0.849. The number of morpholine rings is 1. The number of hydrogen-bond acceptors (Lipinski definition) is 7. The molecule has 3 heterocycles. The first kappa shape index (κ1) is 31.1. The topological polar surface area (TPSA) is 127 Å². The number of carboxylic acid groups (broad SMARTS) is 2. The lowest BCUT2D eigenvalue weighted by Crippen LogP contribution is -2.51. The number of aryl methyl sites for hydroxylation is 1. The van der Waals surface area contributed by atoms with Crippen LogP contribution in [0.5, 0.6) is 0 Å². The lowest BCUT2D eigenvalue weighted by atomic mass is 10.1. The molecule has 2 N–H and O–H groups in total. The molecule has 3 atom stereocenters. The predicted octanol–water partition coefficient (Wildman–Crippen LogP) is 3.58. The number of ether oxygens (including phenoxy) is 2. The first-order valence-corrected chi connectivity index (χ1v) is 11.3. The number of hydrogen-bond donors (Lipinski definition) is 2. The fraction of sp³-hybridized carbons (Fsp3) is 0.591. The Balaban J connectivity index is 0.000000301. The first-order chi connectivity index (χ1) is 17.8. The molecular formula is C22H27F6N3O7. The van der Waals surface area contributed by atoms with Gasteiger partial charge in [-0.2, -0.15) is 31.4 Å². The van der Waals surface area contributed by atoms with Crippen LogP contribution in [0, 0.1) is 0 Å². The summed E-state index contributed by atoms with van der Waals surface area (Å²) in [7, 11) is 0. The molecule has 0 aromatic carbocycles. The van der Waals surface area contributed by atoms with Crippen molar-refractivity contribution < 1.29 is 60.0 Å². The number of aromatic nitrogens is 2. The maximum atomic E-state index is 10.6. The summed E-state index contributed by atoms with van der Waals surface area (Å²) < 4.78 is 82.8. The Kier molecular flexibility index (Phi) is 11.6. The summed E-state index contributed by atoms with van der Waals surface area (Å²) in [6, 6.07) is 4.46. The van der Waals surface area contributed by atoms with Gasteiger partial charge >= 0.3 is 24.3 Å². The molecule has 2 fully saturated rings. The molecule has 0 spiro atoms. The average Bonchev–Trinajstić information content (AvgIpc) is 3.59. The van der Waals surface area contributed by atoms with Gasteiger partial charge in [-0.25, -0.2) is 9.59 Å². The van der Waals surface area contributed by atoms with Crippen molar-refractivity contribution in [2.45, 2.75) is 63.0 Å². The maximum Gasteiger partial charge on any atom is 0.490 e. The third-order valence-corrected chi connectivity index (χ3v) is 5.52. The number of halogens is 6. The molecule has 0 unspecified atom stereocenters. The number of carbonyl (C=O) groups is 2. The van der Waals surface area contributed by atoms with Gasteiger partial charge < -0.3 is 24.1 Å². The van der Waals surface area contributed by atoms with E-state index in [1.54, 1.807) is 6.26 Å². The molecule has 16 heteroatoms. The van der Waals surface area contributed by atoms with E-state index in [1.165, 1.54) is 5.56 Å². The average molecular weight is 559 g/mol. The van der Waals surface area contributed by atoms with Gasteiger partial charge in [-0.1, -0.05) is 0 Å². The Morgan fingerprint density at radius 2 is 1.76 bits per heavy atom. The van der Waals surface area contributed by atoms with Crippen LogP contribution in [0.15, 0.2) is 41.5 Å². The third-order valence-electron chi connectivity index (χ3n) is 5.52. The normalized spacial score (nSPS) is 21.5. The van der Waals surface area contributed by atoms with Crippen LogP contribution in [0.25, 0.3) is 0 Å². The Morgan fingerprint density at radius 1 is 1.11 bits per heavy atom. The molecule has 2 aliphatic rings. The summed E-state index contributed by atoms with van der Waals surface area (Å²) in [5.74, 6) is -5.51. The number of carboxylic acids is 2. The van der Waals surface area contributed by atoms with Crippen LogP contribution < -0.4 is 0 Å². The van der Waals surface area contributed by atoms with Crippen molar-refractivity contribution >= 4 is 11.9 Å². The molecule has 38 heavy (non-hydrogen) atoms. The molecule has 0 radical (unpaired) electrons. The van der Waals surface area contributed by atoms with Gasteiger partial charge in [0, 0.05) is 50.2 Å². The minimum absolute atomic E-state index is 0.204. The maximum absolute atomic E-state index is 10.6. The zero-order valence-electron chi connectivity index (χ0n) is 19.9. The van der Waals surface area contributed by atoms with Gasteiger partial charge in [0.25, 0.3) is 0 Å². The molecular weight excluding hydrogens is 532 g/mol. The summed E-state index contributed by atoms with van der Waals surface area (Å²) in [5, 5.41) is 18.5. The molecule has 2 aromatic heterocycles. The van der Waals surface area contributed by atoms with Crippen LogP contribution in [0.4, 0.5) is 26.3 Å². The van der Waals surface area contributed by atoms with Gasteiger partial charge in [-0.05, 0) is 31.4 Å². The number of aliphatic carboxylic acids is 2. The number of alkyl halides is 6.